The molecule has 112 heavy (non-hydrogen) atoms. The molecule has 18 rings (SSSR count). The zero-order valence-corrected chi connectivity index (χ0v) is 67.3. The Bertz CT molecular complexity index is 5640. The Morgan fingerprint density at radius 3 is 0.732 bits per heavy atom. The Labute approximate surface area is 664 Å². The molecule has 570 valence electrons. The normalized spacial score (nSPS) is 13.3. The fraction of sp³-hybridized carbons (Fsp3) is 0.370. The minimum absolute atomic E-state index is 0.0834. The van der Waals surface area contributed by atoms with Crippen molar-refractivity contribution >= 4 is 141 Å². The lowest BCUT2D eigenvalue weighted by molar-refractivity contribution is 0.103. The van der Waals surface area contributed by atoms with Gasteiger partial charge in [-0.2, -0.15) is 0 Å². The van der Waals surface area contributed by atoms with Crippen LogP contribution in [0.3, 0.4) is 0 Å². The third-order valence-corrected chi connectivity index (χ3v) is 26.4. The van der Waals surface area contributed by atoms with Gasteiger partial charge in [0.05, 0.1) is 13.2 Å². The maximum Gasteiger partial charge on any atom is 0.194 e. The summed E-state index contributed by atoms with van der Waals surface area (Å²) in [4.78, 5) is 27.0. The first kappa shape index (κ1) is 75.1. The van der Waals surface area contributed by atoms with E-state index in [2.05, 4.69) is 161 Å². The summed E-state index contributed by atoms with van der Waals surface area (Å²) in [6.45, 7) is 10.9. The van der Waals surface area contributed by atoms with Gasteiger partial charge in [0.15, 0.2) is 11.6 Å². The van der Waals surface area contributed by atoms with Crippen molar-refractivity contribution in [2.45, 2.75) is 233 Å². The molecule has 0 aliphatic heterocycles. The smallest absolute Gasteiger partial charge is 0.194 e. The Morgan fingerprint density at radius 2 is 0.420 bits per heavy atom. The molecule has 2 aliphatic rings. The van der Waals surface area contributed by atoms with Gasteiger partial charge in [0.2, 0.25) is 0 Å². The second-order valence-corrected chi connectivity index (χ2v) is 33.8. The van der Waals surface area contributed by atoms with E-state index in [-0.39, 0.29) is 11.6 Å². The number of rotatable bonds is 38. The van der Waals surface area contributed by atoms with E-state index in [0.717, 1.165) is 112 Å². The SMILES string of the molecule is CCCCCCCCCCC(CCCCCCCC)COc1c2ccccc2c2ccc3c4ccc5c(OCC(CCCCCCCC)CCCCCCCCCC)c6ccccc6c6ccc(c7ccc1c2c73)c4c56.O=C1c2ccccc2-c2ccc3c4ccc5c6c(ccc(c7ccc1c2c73)c64)-c1ccccc1C5=O. The van der Waals surface area contributed by atoms with Crippen LogP contribution in [0.1, 0.15) is 265 Å². The van der Waals surface area contributed by atoms with Gasteiger partial charge >= 0.3 is 0 Å². The largest absolute Gasteiger partial charge is 0.492 e. The monoisotopic (exact) mass is 1470 g/mol. The van der Waals surface area contributed by atoms with Crippen molar-refractivity contribution in [1.29, 1.82) is 0 Å². The molecular weight excluding hydrogens is 1360 g/mol. The van der Waals surface area contributed by atoms with Crippen molar-refractivity contribution in [1.82, 2.24) is 0 Å². The van der Waals surface area contributed by atoms with Gasteiger partial charge in [0.1, 0.15) is 11.5 Å². The van der Waals surface area contributed by atoms with Gasteiger partial charge < -0.3 is 9.47 Å². The van der Waals surface area contributed by atoms with Crippen LogP contribution < -0.4 is 9.47 Å². The quantitative estimate of drug-likeness (QED) is 0.0220. The Hall–Kier alpha value is -9.64. The fourth-order valence-electron chi connectivity index (χ4n) is 20.6. The molecule has 0 radical (unpaired) electrons. The van der Waals surface area contributed by atoms with Gasteiger partial charge in [-0.3, -0.25) is 9.59 Å². The van der Waals surface area contributed by atoms with Crippen LogP contribution in [-0.4, -0.2) is 24.8 Å². The van der Waals surface area contributed by atoms with E-state index in [1.54, 1.807) is 0 Å². The zero-order chi connectivity index (χ0) is 76.0. The number of benzene rings is 16. The maximum absolute atomic E-state index is 13.5. The molecule has 0 bridgehead atoms. The van der Waals surface area contributed by atoms with E-state index in [0.29, 0.717) is 11.8 Å². The number of carbonyl (C=O) groups is 2. The predicted molar refractivity (Wildman–Crippen MR) is 483 cm³/mol. The second-order valence-electron chi connectivity index (χ2n) is 33.8. The number of ether oxygens (including phenoxy) is 2. The molecule has 16 aromatic rings. The minimum atomic E-state index is 0.0834. The summed E-state index contributed by atoms with van der Waals surface area (Å²) in [7, 11) is 0. The summed E-state index contributed by atoms with van der Waals surface area (Å²) in [5.41, 5.74) is 7.27. The van der Waals surface area contributed by atoms with Crippen molar-refractivity contribution < 1.29 is 19.1 Å². The zero-order valence-electron chi connectivity index (χ0n) is 67.3. The topological polar surface area (TPSA) is 52.6 Å². The van der Waals surface area contributed by atoms with E-state index in [1.807, 2.05) is 60.7 Å². The summed E-state index contributed by atoms with van der Waals surface area (Å²) < 4.78 is 14.6. The molecule has 0 saturated heterocycles. The highest BCUT2D eigenvalue weighted by Gasteiger charge is 2.32. The molecule has 16 aromatic carbocycles. The van der Waals surface area contributed by atoms with Gasteiger partial charge in [-0.05, 0) is 170 Å². The standard InChI is InChI=1S/C74H98O2.C34H16O2/c1-5-9-13-17-21-23-27-31-39-55(37-29-25-19-15-11-7-3)53-75-73-65-43-35-33-41-57(65)59-45-47-61-64-50-52-68-72-60(46-48-62(70(64)72)63-49-51-67(73)71(59)69(61)63)58-42-34-36-44-66(58)74(68)76-54-56(38-30-26-20-16-12-8-4)40-32-28-24-22-18-14-10-6-2;35-33-25-7-3-1-5-17(25)19-9-11-21-24-14-16-28-32-20(18-6-2-4-8-26(18)34(28)36)10-12-22(30(24)32)23-13-15-27(33)31(19)29(21)23/h33-36,41-52,55-56H,5-32,37-40,53-54H2,1-4H3;1-16H. The van der Waals surface area contributed by atoms with Gasteiger partial charge in [-0.1, -0.05) is 377 Å². The Morgan fingerprint density at radius 1 is 0.196 bits per heavy atom. The number of fused-ring (bicyclic) bond motifs is 12. The van der Waals surface area contributed by atoms with Gasteiger partial charge in [-0.15, -0.1) is 0 Å². The molecule has 2 atom stereocenters. The molecule has 0 heterocycles. The van der Waals surface area contributed by atoms with Crippen LogP contribution in [0.15, 0.2) is 194 Å². The van der Waals surface area contributed by atoms with Crippen LogP contribution in [0.5, 0.6) is 11.5 Å². The number of hydrogen-bond acceptors (Lipinski definition) is 4. The third kappa shape index (κ3) is 14.2. The summed E-state index contributed by atoms with van der Waals surface area (Å²) in [6, 6.07) is 70.3. The molecule has 0 N–H and O–H groups in total. The molecule has 0 spiro atoms. The molecular formula is C108H114O4. The molecule has 0 amide bonds. The molecule has 2 aliphatic carbocycles. The van der Waals surface area contributed by atoms with Crippen molar-refractivity contribution in [3.8, 4) is 33.8 Å². The van der Waals surface area contributed by atoms with Gasteiger partial charge in [0.25, 0.3) is 0 Å². The van der Waals surface area contributed by atoms with Crippen LogP contribution in [0, 0.1) is 11.8 Å². The second kappa shape index (κ2) is 34.4. The minimum Gasteiger partial charge on any atom is -0.492 e. The van der Waals surface area contributed by atoms with Crippen LogP contribution in [0.4, 0.5) is 0 Å². The molecule has 2 unspecified atom stereocenters. The lowest BCUT2D eigenvalue weighted by atomic mass is 9.77. The van der Waals surface area contributed by atoms with E-state index >= 15 is 0 Å². The van der Waals surface area contributed by atoms with Gasteiger partial charge in [-0.25, -0.2) is 0 Å². The van der Waals surface area contributed by atoms with E-state index in [9.17, 15) is 9.59 Å². The van der Waals surface area contributed by atoms with Crippen LogP contribution in [-0.2, 0) is 0 Å². The number of unbranched alkanes of at least 4 members (excludes halogenated alkanes) is 24. The average molecular weight is 1480 g/mol. The fourth-order valence-corrected chi connectivity index (χ4v) is 20.6. The highest BCUT2D eigenvalue weighted by molar-refractivity contribution is 6.44. The van der Waals surface area contributed by atoms with Crippen LogP contribution >= 0.6 is 0 Å². The summed E-state index contributed by atoms with van der Waals surface area (Å²) >= 11 is 0. The van der Waals surface area contributed by atoms with Crippen molar-refractivity contribution in [2.75, 3.05) is 13.2 Å². The highest BCUT2D eigenvalue weighted by atomic mass is 16.5. The highest BCUT2D eigenvalue weighted by Crippen LogP contribution is 2.54. The summed E-state index contributed by atoms with van der Waals surface area (Å²) in [6.07, 6.45) is 43.1. The molecule has 0 fully saturated rings. The number of hydrogen-bond donors (Lipinski definition) is 0. The van der Waals surface area contributed by atoms with Crippen LogP contribution in [0.25, 0.3) is 152 Å². The van der Waals surface area contributed by atoms with E-state index < -0.39 is 0 Å². The molecule has 0 aromatic heterocycles. The van der Waals surface area contributed by atoms with Gasteiger partial charge in [0, 0.05) is 65.3 Å². The van der Waals surface area contributed by atoms with E-state index in [1.165, 1.54) is 292 Å². The van der Waals surface area contributed by atoms with Crippen molar-refractivity contribution in [2.24, 2.45) is 11.8 Å². The molecule has 0 saturated carbocycles. The third-order valence-electron chi connectivity index (χ3n) is 26.4. The molecule has 4 heteroatoms. The first-order valence-corrected chi connectivity index (χ1v) is 44.3. The van der Waals surface area contributed by atoms with Crippen LogP contribution in [0.2, 0.25) is 0 Å². The maximum atomic E-state index is 13.5. The Kier molecular flexibility index (Phi) is 23.0. The first-order valence-electron chi connectivity index (χ1n) is 44.3. The van der Waals surface area contributed by atoms with Crippen molar-refractivity contribution in [3.63, 3.8) is 0 Å². The predicted octanol–water partition coefficient (Wildman–Crippen LogP) is 32.5. The van der Waals surface area contributed by atoms with Crippen molar-refractivity contribution in [3.05, 3.63) is 216 Å². The lowest BCUT2D eigenvalue weighted by Gasteiger charge is -2.25. The summed E-state index contributed by atoms with van der Waals surface area (Å²) in [5, 5.41) is 29.9. The van der Waals surface area contributed by atoms with E-state index in [4.69, 9.17) is 9.47 Å². The molecule has 4 nitrogen and oxygen atoms in total. The first-order chi connectivity index (χ1) is 55.4. The Balaban J connectivity index is 0.000000207. The number of carbonyl (C=O) groups excluding carboxylic acids is 2. The summed E-state index contributed by atoms with van der Waals surface area (Å²) in [5.74, 6) is 3.49. The number of ketones is 2. The lowest BCUT2D eigenvalue weighted by Crippen LogP contribution is -2.13. The average Bonchev–Trinajstić information content (AvgIpc) is 0.690.